The van der Waals surface area contributed by atoms with E-state index in [-0.39, 0.29) is 11.7 Å². The summed E-state index contributed by atoms with van der Waals surface area (Å²) in [5, 5.41) is 11.5. The Labute approximate surface area is 76.6 Å². The summed E-state index contributed by atoms with van der Waals surface area (Å²) >= 11 is 0. The highest BCUT2D eigenvalue weighted by atomic mass is 15.0. The van der Waals surface area contributed by atoms with Crippen molar-refractivity contribution in [3.63, 3.8) is 0 Å². The summed E-state index contributed by atoms with van der Waals surface area (Å²) in [6, 6.07) is 1.76. The molecular weight excluding hydrogens is 164 g/mol. The van der Waals surface area contributed by atoms with Gasteiger partial charge in [0.15, 0.2) is 11.5 Å². The lowest BCUT2D eigenvalue weighted by molar-refractivity contribution is 0.998. The van der Waals surface area contributed by atoms with E-state index in [0.29, 0.717) is 5.82 Å². The van der Waals surface area contributed by atoms with Crippen molar-refractivity contribution in [2.75, 3.05) is 5.32 Å². The van der Waals surface area contributed by atoms with Gasteiger partial charge in [0.2, 0.25) is 0 Å². The third-order valence-corrected chi connectivity index (χ3v) is 1.41. The van der Waals surface area contributed by atoms with Gasteiger partial charge in [0.25, 0.3) is 0 Å². The maximum atomic E-state index is 8.66. The van der Waals surface area contributed by atoms with Gasteiger partial charge >= 0.3 is 0 Å². The third kappa shape index (κ3) is 2.18. The number of nitrogens with zero attached hydrogens (tertiary/aromatic N) is 3. The van der Waals surface area contributed by atoms with E-state index >= 15 is 0 Å². The first-order valence-electron chi connectivity index (χ1n) is 3.71. The lowest BCUT2D eigenvalue weighted by Crippen LogP contribution is -2.14. The van der Waals surface area contributed by atoms with Gasteiger partial charge in [0.05, 0.1) is 6.04 Å². The van der Waals surface area contributed by atoms with Crippen LogP contribution in [0.25, 0.3) is 0 Å². The predicted octanol–water partition coefficient (Wildman–Crippen LogP) is 0.782. The molecule has 0 aliphatic carbocycles. The van der Waals surface area contributed by atoms with Gasteiger partial charge in [-0.25, -0.2) is 9.97 Å². The maximum Gasteiger partial charge on any atom is 0.183 e. The quantitative estimate of drug-likeness (QED) is 0.670. The minimum Gasteiger partial charge on any atom is -0.354 e. The molecule has 0 radical (unpaired) electrons. The first kappa shape index (κ1) is 9.02. The number of nitriles is 1. The van der Waals surface area contributed by atoms with Crippen molar-refractivity contribution in [2.24, 2.45) is 0 Å². The zero-order chi connectivity index (χ0) is 9.68. The molecular formula is C9H8N4. The fourth-order valence-electron chi connectivity index (χ4n) is 0.772. The Morgan fingerprint density at radius 1 is 1.54 bits per heavy atom. The highest BCUT2D eigenvalue weighted by Gasteiger charge is 2.04. The Morgan fingerprint density at radius 3 is 2.85 bits per heavy atom. The molecule has 0 amide bonds. The van der Waals surface area contributed by atoms with E-state index in [9.17, 15) is 0 Å². The van der Waals surface area contributed by atoms with Gasteiger partial charge in [0, 0.05) is 12.4 Å². The summed E-state index contributed by atoms with van der Waals surface area (Å²) in [6.07, 6.45) is 8.14. The minimum absolute atomic E-state index is 0.163. The standard InChI is InChI=1S/C9H8N4/c1-3-7(2)13-9-8(6-10)11-4-5-12-9/h1,4-5,7H,2H3,(H,12,13). The average molecular weight is 172 g/mol. The minimum atomic E-state index is -0.163. The molecule has 13 heavy (non-hydrogen) atoms. The summed E-state index contributed by atoms with van der Waals surface area (Å²) < 4.78 is 0. The zero-order valence-electron chi connectivity index (χ0n) is 7.15. The Bertz CT molecular complexity index is 372. The van der Waals surface area contributed by atoms with Crippen LogP contribution >= 0.6 is 0 Å². The lowest BCUT2D eigenvalue weighted by atomic mass is 10.3. The van der Waals surface area contributed by atoms with Crippen LogP contribution in [0.15, 0.2) is 12.4 Å². The van der Waals surface area contributed by atoms with E-state index in [2.05, 4.69) is 21.2 Å². The molecule has 1 rings (SSSR count). The van der Waals surface area contributed by atoms with Crippen LogP contribution in [0.1, 0.15) is 12.6 Å². The van der Waals surface area contributed by atoms with E-state index in [1.165, 1.54) is 12.4 Å². The van der Waals surface area contributed by atoms with Crippen LogP contribution < -0.4 is 5.32 Å². The molecule has 1 heterocycles. The third-order valence-electron chi connectivity index (χ3n) is 1.41. The van der Waals surface area contributed by atoms with E-state index in [4.69, 9.17) is 11.7 Å². The van der Waals surface area contributed by atoms with Crippen molar-refractivity contribution >= 4 is 5.82 Å². The fraction of sp³-hybridized carbons (Fsp3) is 0.222. The molecule has 0 spiro atoms. The Kier molecular flexibility index (Phi) is 2.83. The van der Waals surface area contributed by atoms with Crippen molar-refractivity contribution in [3.8, 4) is 18.4 Å². The molecule has 1 aromatic rings. The summed E-state index contributed by atoms with van der Waals surface area (Å²) in [5.74, 6) is 2.90. The van der Waals surface area contributed by atoms with Gasteiger partial charge in [-0.05, 0) is 6.92 Å². The number of rotatable bonds is 2. The van der Waals surface area contributed by atoms with Crippen LogP contribution in [0.3, 0.4) is 0 Å². The second kappa shape index (κ2) is 4.08. The van der Waals surface area contributed by atoms with E-state index < -0.39 is 0 Å². The largest absolute Gasteiger partial charge is 0.354 e. The monoisotopic (exact) mass is 172 g/mol. The molecule has 0 aliphatic heterocycles. The number of hydrogen-bond acceptors (Lipinski definition) is 4. The molecule has 64 valence electrons. The molecule has 1 unspecified atom stereocenters. The molecule has 1 atom stereocenters. The Balaban J connectivity index is 2.90. The van der Waals surface area contributed by atoms with Crippen LogP contribution in [0.5, 0.6) is 0 Å². The predicted molar refractivity (Wildman–Crippen MR) is 48.7 cm³/mol. The Hall–Kier alpha value is -2.07. The normalized spacial score (nSPS) is 11.0. The van der Waals surface area contributed by atoms with Crippen LogP contribution in [0, 0.1) is 23.7 Å². The molecule has 0 saturated heterocycles. The van der Waals surface area contributed by atoms with Crippen LogP contribution in [0.2, 0.25) is 0 Å². The number of terminal acetylenes is 1. The number of anilines is 1. The molecule has 1 aromatic heterocycles. The second-order valence-corrected chi connectivity index (χ2v) is 2.40. The highest BCUT2D eigenvalue weighted by molar-refractivity contribution is 5.48. The molecule has 0 aliphatic rings. The molecule has 0 saturated carbocycles. The van der Waals surface area contributed by atoms with E-state index in [0.717, 1.165) is 0 Å². The lowest BCUT2D eigenvalue weighted by Gasteiger charge is -2.07. The summed E-state index contributed by atoms with van der Waals surface area (Å²) in [6.45, 7) is 1.80. The van der Waals surface area contributed by atoms with Gasteiger partial charge in [-0.15, -0.1) is 6.42 Å². The van der Waals surface area contributed by atoms with E-state index in [1.807, 2.05) is 6.07 Å². The summed E-state index contributed by atoms with van der Waals surface area (Å²) in [5.41, 5.74) is 0.254. The van der Waals surface area contributed by atoms with E-state index in [1.54, 1.807) is 6.92 Å². The van der Waals surface area contributed by atoms with Gasteiger partial charge < -0.3 is 5.32 Å². The van der Waals surface area contributed by atoms with Gasteiger partial charge in [0.1, 0.15) is 6.07 Å². The van der Waals surface area contributed by atoms with Crippen LogP contribution in [0.4, 0.5) is 5.82 Å². The van der Waals surface area contributed by atoms with Crippen molar-refractivity contribution < 1.29 is 0 Å². The van der Waals surface area contributed by atoms with Crippen molar-refractivity contribution in [1.29, 1.82) is 5.26 Å². The molecule has 1 N–H and O–H groups in total. The average Bonchev–Trinajstić information content (AvgIpc) is 2.18. The van der Waals surface area contributed by atoms with Crippen molar-refractivity contribution in [3.05, 3.63) is 18.1 Å². The SMILES string of the molecule is C#CC(C)Nc1nccnc1C#N. The van der Waals surface area contributed by atoms with Gasteiger partial charge in [-0.2, -0.15) is 5.26 Å². The maximum absolute atomic E-state index is 8.66. The zero-order valence-corrected chi connectivity index (χ0v) is 7.15. The Morgan fingerprint density at radius 2 is 2.23 bits per heavy atom. The second-order valence-electron chi connectivity index (χ2n) is 2.40. The first-order chi connectivity index (χ1) is 6.27. The van der Waals surface area contributed by atoms with Crippen LogP contribution in [-0.2, 0) is 0 Å². The smallest absolute Gasteiger partial charge is 0.183 e. The molecule has 0 aromatic carbocycles. The molecule has 0 bridgehead atoms. The van der Waals surface area contributed by atoms with Crippen molar-refractivity contribution in [1.82, 2.24) is 9.97 Å². The topological polar surface area (TPSA) is 61.6 Å². The number of aromatic nitrogens is 2. The van der Waals surface area contributed by atoms with Crippen LogP contribution in [-0.4, -0.2) is 16.0 Å². The molecule has 4 heteroatoms. The summed E-state index contributed by atoms with van der Waals surface area (Å²) in [4.78, 5) is 7.78. The summed E-state index contributed by atoms with van der Waals surface area (Å²) in [7, 11) is 0. The molecule has 0 fully saturated rings. The first-order valence-corrected chi connectivity index (χ1v) is 3.71. The fourth-order valence-corrected chi connectivity index (χ4v) is 0.772. The highest BCUT2D eigenvalue weighted by Crippen LogP contribution is 2.07. The number of nitrogens with one attached hydrogen (secondary N) is 1. The van der Waals surface area contributed by atoms with Crippen molar-refractivity contribution in [2.45, 2.75) is 13.0 Å². The molecule has 4 nitrogen and oxygen atoms in total. The number of hydrogen-bond donors (Lipinski definition) is 1. The van der Waals surface area contributed by atoms with Gasteiger partial charge in [-0.1, -0.05) is 5.92 Å². The van der Waals surface area contributed by atoms with Gasteiger partial charge in [-0.3, -0.25) is 0 Å².